The van der Waals surface area contributed by atoms with E-state index in [1.807, 2.05) is 0 Å². The molecule has 0 spiro atoms. The monoisotopic (exact) mass is 300 g/mol. The van der Waals surface area contributed by atoms with Crippen molar-refractivity contribution in [2.75, 3.05) is 40.4 Å². The van der Waals surface area contributed by atoms with E-state index >= 15 is 0 Å². The molecule has 5 heteroatoms. The minimum Gasteiger partial charge on any atom is -0.480 e. The molecule has 2 unspecified atom stereocenters. The van der Waals surface area contributed by atoms with Gasteiger partial charge in [-0.05, 0) is 44.7 Å². The first-order valence-corrected chi connectivity index (χ1v) is 8.10. The molecule has 2 N–H and O–H groups in total. The average Bonchev–Trinajstić information content (AvgIpc) is 2.85. The number of carboxylic acid groups (broad SMARTS) is 1. The first kappa shape index (κ1) is 18.4. The fourth-order valence-electron chi connectivity index (χ4n) is 3.56. The Labute approximate surface area is 129 Å². The van der Waals surface area contributed by atoms with Crippen LogP contribution in [-0.4, -0.2) is 61.9 Å². The SMILES string of the molecule is CNC1(C(=O)O)CCCC1CCN(CCOC)CC(C)C. The predicted octanol–water partition coefficient (Wildman–Crippen LogP) is 1.82. The van der Waals surface area contributed by atoms with Crippen molar-refractivity contribution in [1.82, 2.24) is 10.2 Å². The summed E-state index contributed by atoms with van der Waals surface area (Å²) in [5.74, 6) is 0.135. The summed E-state index contributed by atoms with van der Waals surface area (Å²) in [6.07, 6.45) is 3.68. The van der Waals surface area contributed by atoms with Crippen LogP contribution in [0, 0.1) is 11.8 Å². The van der Waals surface area contributed by atoms with Crippen LogP contribution >= 0.6 is 0 Å². The Morgan fingerprint density at radius 2 is 2.19 bits per heavy atom. The van der Waals surface area contributed by atoms with E-state index in [0.717, 1.165) is 51.9 Å². The zero-order valence-electron chi connectivity index (χ0n) is 14.0. The number of likely N-dealkylation sites (N-methyl/N-ethyl adjacent to an activating group) is 1. The predicted molar refractivity (Wildman–Crippen MR) is 84.5 cm³/mol. The summed E-state index contributed by atoms with van der Waals surface area (Å²) in [4.78, 5) is 14.1. The third kappa shape index (κ3) is 4.94. The Hall–Kier alpha value is -0.650. The average molecular weight is 300 g/mol. The molecular formula is C16H32N2O3. The van der Waals surface area contributed by atoms with Crippen molar-refractivity contribution in [3.8, 4) is 0 Å². The van der Waals surface area contributed by atoms with Crippen LogP contribution in [0.5, 0.6) is 0 Å². The highest BCUT2D eigenvalue weighted by atomic mass is 16.5. The van der Waals surface area contributed by atoms with E-state index in [0.29, 0.717) is 5.92 Å². The Balaban J connectivity index is 2.58. The molecule has 124 valence electrons. The number of hydrogen-bond donors (Lipinski definition) is 2. The Morgan fingerprint density at radius 1 is 1.48 bits per heavy atom. The van der Waals surface area contributed by atoms with Gasteiger partial charge in [-0.2, -0.15) is 0 Å². The number of carbonyl (C=O) groups is 1. The van der Waals surface area contributed by atoms with Gasteiger partial charge in [0.1, 0.15) is 5.54 Å². The normalized spacial score (nSPS) is 25.9. The van der Waals surface area contributed by atoms with Crippen molar-refractivity contribution in [3.63, 3.8) is 0 Å². The maximum atomic E-state index is 11.7. The molecule has 0 heterocycles. The van der Waals surface area contributed by atoms with Crippen molar-refractivity contribution in [2.45, 2.75) is 45.1 Å². The number of nitrogens with one attached hydrogen (secondary N) is 1. The highest BCUT2D eigenvalue weighted by Gasteiger charge is 2.47. The molecule has 1 fully saturated rings. The molecule has 1 saturated carbocycles. The summed E-state index contributed by atoms with van der Waals surface area (Å²) in [7, 11) is 3.50. The highest BCUT2D eigenvalue weighted by molar-refractivity contribution is 5.79. The van der Waals surface area contributed by atoms with E-state index in [-0.39, 0.29) is 5.92 Å². The van der Waals surface area contributed by atoms with E-state index in [2.05, 4.69) is 24.1 Å². The van der Waals surface area contributed by atoms with Crippen LogP contribution < -0.4 is 5.32 Å². The van der Waals surface area contributed by atoms with E-state index in [1.165, 1.54) is 0 Å². The minimum atomic E-state index is -0.718. The van der Waals surface area contributed by atoms with Crippen molar-refractivity contribution in [2.24, 2.45) is 11.8 Å². The number of ether oxygens (including phenoxy) is 1. The van der Waals surface area contributed by atoms with Crippen molar-refractivity contribution in [1.29, 1.82) is 0 Å². The fourth-order valence-corrected chi connectivity index (χ4v) is 3.56. The van der Waals surface area contributed by atoms with Crippen LogP contribution in [0.15, 0.2) is 0 Å². The lowest BCUT2D eigenvalue weighted by Gasteiger charge is -2.33. The standard InChI is InChI=1S/C16H32N2O3/c1-13(2)12-18(10-11-21-4)9-7-14-6-5-8-16(14,17-3)15(19)20/h13-14,17H,5-12H2,1-4H3,(H,19,20). The largest absolute Gasteiger partial charge is 0.480 e. The second-order valence-electron chi connectivity index (χ2n) is 6.59. The minimum absolute atomic E-state index is 0.220. The van der Waals surface area contributed by atoms with Crippen LogP contribution in [-0.2, 0) is 9.53 Å². The van der Waals surface area contributed by atoms with E-state index in [9.17, 15) is 9.90 Å². The molecule has 1 aliphatic carbocycles. The fraction of sp³-hybridized carbons (Fsp3) is 0.938. The summed E-state index contributed by atoms with van der Waals surface area (Å²) in [5, 5.41) is 12.7. The van der Waals surface area contributed by atoms with E-state index < -0.39 is 11.5 Å². The maximum absolute atomic E-state index is 11.7. The van der Waals surface area contributed by atoms with Gasteiger partial charge in [0.2, 0.25) is 0 Å². The topological polar surface area (TPSA) is 61.8 Å². The van der Waals surface area contributed by atoms with Crippen LogP contribution in [0.25, 0.3) is 0 Å². The van der Waals surface area contributed by atoms with Gasteiger partial charge >= 0.3 is 5.97 Å². The van der Waals surface area contributed by atoms with Gasteiger partial charge < -0.3 is 20.1 Å². The molecular weight excluding hydrogens is 268 g/mol. The quantitative estimate of drug-likeness (QED) is 0.644. The second-order valence-corrected chi connectivity index (χ2v) is 6.59. The molecule has 0 amide bonds. The number of hydrogen-bond acceptors (Lipinski definition) is 4. The summed E-state index contributed by atoms with van der Waals surface area (Å²) >= 11 is 0. The molecule has 0 radical (unpaired) electrons. The smallest absolute Gasteiger partial charge is 0.324 e. The molecule has 5 nitrogen and oxygen atoms in total. The van der Waals surface area contributed by atoms with Gasteiger partial charge in [-0.3, -0.25) is 4.79 Å². The molecule has 0 aromatic carbocycles. The summed E-state index contributed by atoms with van der Waals surface area (Å²) in [5.41, 5.74) is -0.718. The first-order valence-electron chi connectivity index (χ1n) is 8.10. The van der Waals surface area contributed by atoms with Gasteiger partial charge in [0, 0.05) is 20.2 Å². The molecule has 0 bridgehead atoms. The van der Waals surface area contributed by atoms with Crippen LogP contribution in [0.4, 0.5) is 0 Å². The van der Waals surface area contributed by atoms with Gasteiger partial charge in [0.15, 0.2) is 0 Å². The lowest BCUT2D eigenvalue weighted by Crippen LogP contribution is -2.53. The maximum Gasteiger partial charge on any atom is 0.324 e. The molecule has 1 aliphatic rings. The lowest BCUT2D eigenvalue weighted by atomic mass is 9.84. The third-order valence-electron chi connectivity index (χ3n) is 4.68. The summed E-state index contributed by atoms with van der Waals surface area (Å²) in [6, 6.07) is 0. The van der Waals surface area contributed by atoms with Crippen LogP contribution in [0.1, 0.15) is 39.5 Å². The van der Waals surface area contributed by atoms with Crippen LogP contribution in [0.3, 0.4) is 0 Å². The van der Waals surface area contributed by atoms with Crippen LogP contribution in [0.2, 0.25) is 0 Å². The zero-order chi connectivity index (χ0) is 15.9. The molecule has 0 saturated heterocycles. The van der Waals surface area contributed by atoms with E-state index in [4.69, 9.17) is 4.74 Å². The number of nitrogens with zero attached hydrogens (tertiary/aromatic N) is 1. The van der Waals surface area contributed by atoms with Crippen molar-refractivity contribution >= 4 is 5.97 Å². The van der Waals surface area contributed by atoms with Gasteiger partial charge in [0.25, 0.3) is 0 Å². The van der Waals surface area contributed by atoms with E-state index in [1.54, 1.807) is 14.2 Å². The molecule has 1 rings (SSSR count). The summed E-state index contributed by atoms with van der Waals surface area (Å²) in [6.45, 7) is 8.06. The first-order chi connectivity index (χ1) is 9.96. The molecule has 0 aliphatic heterocycles. The molecule has 21 heavy (non-hydrogen) atoms. The van der Waals surface area contributed by atoms with Gasteiger partial charge in [0.05, 0.1) is 6.61 Å². The highest BCUT2D eigenvalue weighted by Crippen LogP contribution is 2.38. The molecule has 0 aromatic heterocycles. The Kier molecular flexibility index (Phi) is 7.63. The van der Waals surface area contributed by atoms with Crippen molar-refractivity contribution in [3.05, 3.63) is 0 Å². The van der Waals surface area contributed by atoms with Gasteiger partial charge in [-0.25, -0.2) is 0 Å². The Morgan fingerprint density at radius 3 is 2.71 bits per heavy atom. The zero-order valence-corrected chi connectivity index (χ0v) is 14.0. The van der Waals surface area contributed by atoms with Crippen molar-refractivity contribution < 1.29 is 14.6 Å². The number of methoxy groups -OCH3 is 1. The van der Waals surface area contributed by atoms with Gasteiger partial charge in [-0.15, -0.1) is 0 Å². The number of rotatable bonds is 10. The lowest BCUT2D eigenvalue weighted by molar-refractivity contribution is -0.146. The third-order valence-corrected chi connectivity index (χ3v) is 4.68. The Bertz CT molecular complexity index is 323. The second kappa shape index (κ2) is 8.71. The van der Waals surface area contributed by atoms with Gasteiger partial charge in [-0.1, -0.05) is 20.3 Å². The molecule has 2 atom stereocenters. The number of aliphatic carboxylic acids is 1. The summed E-state index contributed by atoms with van der Waals surface area (Å²) < 4.78 is 5.18. The number of carboxylic acids is 1. The molecule has 0 aromatic rings.